The minimum Gasteiger partial charge on any atom is -0.368 e. The van der Waals surface area contributed by atoms with Crippen LogP contribution >= 0.6 is 46.1 Å². The normalized spacial score (nSPS) is 15.2. The summed E-state index contributed by atoms with van der Waals surface area (Å²) >= 11 is 20.2. The molecular weight excluding hydrogens is 397 g/mol. The molecule has 4 rings (SSSR count). The van der Waals surface area contributed by atoms with E-state index < -0.39 is 0 Å². The highest BCUT2D eigenvalue weighted by Gasteiger charge is 2.21. The van der Waals surface area contributed by atoms with Gasteiger partial charge < -0.3 is 9.80 Å². The summed E-state index contributed by atoms with van der Waals surface area (Å²) in [7, 11) is 0. The van der Waals surface area contributed by atoms with Crippen LogP contribution in [-0.2, 0) is 0 Å². The fraction of sp³-hybridized carbons (Fsp3) is 0.278. The molecule has 1 aliphatic heterocycles. The third-order valence-corrected chi connectivity index (χ3v) is 6.82. The number of hydrogen-bond donors (Lipinski definition) is 0. The second-order valence-corrected chi connectivity index (χ2v) is 8.31. The molecule has 1 aromatic heterocycles. The van der Waals surface area contributed by atoms with Crippen molar-refractivity contribution in [1.82, 2.24) is 4.98 Å². The smallest absolute Gasteiger partial charge is 0.186 e. The van der Waals surface area contributed by atoms with E-state index in [0.29, 0.717) is 10.0 Å². The first-order valence-electron chi connectivity index (χ1n) is 8.03. The van der Waals surface area contributed by atoms with Crippen molar-refractivity contribution in [3.8, 4) is 0 Å². The van der Waals surface area contributed by atoms with Gasteiger partial charge in [-0.1, -0.05) is 52.2 Å². The third kappa shape index (κ3) is 3.28. The van der Waals surface area contributed by atoms with E-state index >= 15 is 0 Å². The lowest BCUT2D eigenvalue weighted by molar-refractivity contribution is 0.652. The lowest BCUT2D eigenvalue weighted by Crippen LogP contribution is -2.46. The van der Waals surface area contributed by atoms with Gasteiger partial charge in [-0.15, -0.1) is 0 Å². The monoisotopic (exact) mass is 411 g/mol. The molecule has 0 aliphatic carbocycles. The second-order valence-electron chi connectivity index (χ2n) is 6.11. The van der Waals surface area contributed by atoms with Crippen LogP contribution in [0.2, 0.25) is 15.1 Å². The molecule has 2 heterocycles. The molecule has 0 bridgehead atoms. The van der Waals surface area contributed by atoms with Gasteiger partial charge in [0.05, 0.1) is 25.3 Å². The summed E-state index contributed by atoms with van der Waals surface area (Å²) in [6.07, 6.45) is 0. The van der Waals surface area contributed by atoms with Crippen LogP contribution in [0.5, 0.6) is 0 Å². The maximum absolute atomic E-state index is 6.33. The van der Waals surface area contributed by atoms with E-state index in [0.717, 1.165) is 57.8 Å². The van der Waals surface area contributed by atoms with Gasteiger partial charge in [0.1, 0.15) is 0 Å². The van der Waals surface area contributed by atoms with Crippen LogP contribution in [0.4, 0.5) is 10.8 Å². The standard InChI is InChI=1S/C18H16Cl3N3S/c1-11-2-4-14(20)17-16(11)22-18(25-17)24-8-6-23(7-9-24)12-3-5-13(19)15(21)10-12/h2-5,10H,6-9H2,1H3. The van der Waals surface area contributed by atoms with Crippen molar-refractivity contribution in [2.75, 3.05) is 36.0 Å². The maximum Gasteiger partial charge on any atom is 0.186 e. The van der Waals surface area contributed by atoms with Crippen molar-refractivity contribution in [3.05, 3.63) is 51.0 Å². The van der Waals surface area contributed by atoms with Crippen LogP contribution in [0.3, 0.4) is 0 Å². The average molecular weight is 413 g/mol. The Morgan fingerprint density at radius 1 is 0.880 bits per heavy atom. The molecular formula is C18H16Cl3N3S. The number of aromatic nitrogens is 1. The summed E-state index contributed by atoms with van der Waals surface area (Å²) in [5.41, 5.74) is 3.29. The van der Waals surface area contributed by atoms with Crippen LogP contribution in [0.1, 0.15) is 5.56 Å². The van der Waals surface area contributed by atoms with Crippen LogP contribution < -0.4 is 9.80 Å². The van der Waals surface area contributed by atoms with Gasteiger partial charge in [-0.2, -0.15) is 0 Å². The second kappa shape index (κ2) is 6.84. The highest BCUT2D eigenvalue weighted by molar-refractivity contribution is 7.22. The zero-order valence-electron chi connectivity index (χ0n) is 13.6. The number of nitrogens with zero attached hydrogens (tertiary/aromatic N) is 3. The van der Waals surface area contributed by atoms with E-state index in [4.69, 9.17) is 39.8 Å². The Bertz CT molecular complexity index is 894. The third-order valence-electron chi connectivity index (χ3n) is 4.50. The topological polar surface area (TPSA) is 19.4 Å². The molecule has 0 N–H and O–H groups in total. The SMILES string of the molecule is Cc1ccc(Cl)c2sc(N3CCN(c4ccc(Cl)c(Cl)c4)CC3)nc12. The minimum atomic E-state index is 0.589. The van der Waals surface area contributed by atoms with Crippen molar-refractivity contribution in [2.24, 2.45) is 0 Å². The average Bonchev–Trinajstić information content (AvgIpc) is 3.08. The molecule has 0 atom stereocenters. The lowest BCUT2D eigenvalue weighted by atomic mass is 10.2. The van der Waals surface area contributed by atoms with Crippen LogP contribution in [-0.4, -0.2) is 31.2 Å². The highest BCUT2D eigenvalue weighted by Crippen LogP contribution is 2.36. The van der Waals surface area contributed by atoms with Gasteiger partial charge >= 0.3 is 0 Å². The van der Waals surface area contributed by atoms with Gasteiger partial charge in [0.15, 0.2) is 5.13 Å². The number of fused-ring (bicyclic) bond motifs is 1. The molecule has 0 radical (unpaired) electrons. The quantitative estimate of drug-likeness (QED) is 0.523. The van der Waals surface area contributed by atoms with Gasteiger partial charge in [-0.25, -0.2) is 4.98 Å². The van der Waals surface area contributed by atoms with Crippen LogP contribution in [0.25, 0.3) is 10.2 Å². The van der Waals surface area contributed by atoms with Gasteiger partial charge in [0.25, 0.3) is 0 Å². The van der Waals surface area contributed by atoms with E-state index in [1.165, 1.54) is 0 Å². The van der Waals surface area contributed by atoms with E-state index in [-0.39, 0.29) is 0 Å². The van der Waals surface area contributed by atoms with Gasteiger partial charge in [0, 0.05) is 31.9 Å². The predicted molar refractivity (Wildman–Crippen MR) is 110 cm³/mol. The fourth-order valence-electron chi connectivity index (χ4n) is 3.06. The van der Waals surface area contributed by atoms with Gasteiger partial charge in [0.2, 0.25) is 0 Å². The molecule has 130 valence electrons. The summed E-state index contributed by atoms with van der Waals surface area (Å²) in [5, 5.41) is 3.00. The molecule has 0 spiro atoms. The summed E-state index contributed by atoms with van der Waals surface area (Å²) in [4.78, 5) is 9.47. The summed E-state index contributed by atoms with van der Waals surface area (Å²) in [6, 6.07) is 9.77. The molecule has 0 unspecified atom stereocenters. The van der Waals surface area contributed by atoms with Crippen molar-refractivity contribution in [3.63, 3.8) is 0 Å². The number of rotatable bonds is 2. The minimum absolute atomic E-state index is 0.589. The molecule has 0 amide bonds. The van der Waals surface area contributed by atoms with Gasteiger partial charge in [-0.3, -0.25) is 0 Å². The molecule has 7 heteroatoms. The van der Waals surface area contributed by atoms with Crippen molar-refractivity contribution in [1.29, 1.82) is 0 Å². The fourth-order valence-corrected chi connectivity index (χ4v) is 4.72. The predicted octanol–water partition coefficient (Wildman–Crippen LogP) is 5.89. The number of halogens is 3. The molecule has 25 heavy (non-hydrogen) atoms. The number of aryl methyl sites for hydroxylation is 1. The summed E-state index contributed by atoms with van der Waals surface area (Å²) < 4.78 is 1.07. The van der Waals surface area contributed by atoms with E-state index in [1.807, 2.05) is 30.3 Å². The first-order valence-corrected chi connectivity index (χ1v) is 9.98. The molecule has 3 aromatic rings. The number of thiazole rings is 1. The number of benzene rings is 2. The molecule has 1 saturated heterocycles. The largest absolute Gasteiger partial charge is 0.368 e. The van der Waals surface area contributed by atoms with Crippen molar-refractivity contribution in [2.45, 2.75) is 6.92 Å². The summed E-state index contributed by atoms with van der Waals surface area (Å²) in [6.45, 7) is 5.74. The van der Waals surface area contributed by atoms with Crippen molar-refractivity contribution < 1.29 is 0 Å². The molecule has 0 saturated carbocycles. The Kier molecular flexibility index (Phi) is 4.71. The molecule has 1 fully saturated rings. The Balaban J connectivity index is 1.53. The molecule has 1 aliphatic rings. The van der Waals surface area contributed by atoms with E-state index in [1.54, 1.807) is 11.3 Å². The Morgan fingerprint density at radius 2 is 1.56 bits per heavy atom. The van der Waals surface area contributed by atoms with Gasteiger partial charge in [-0.05, 0) is 36.8 Å². The first-order chi connectivity index (χ1) is 12.0. The number of anilines is 2. The van der Waals surface area contributed by atoms with Crippen LogP contribution in [0.15, 0.2) is 30.3 Å². The molecule has 2 aromatic carbocycles. The van der Waals surface area contributed by atoms with E-state index in [9.17, 15) is 0 Å². The number of piperazine rings is 1. The summed E-state index contributed by atoms with van der Waals surface area (Å²) in [5.74, 6) is 0. The first kappa shape index (κ1) is 17.2. The zero-order valence-corrected chi connectivity index (χ0v) is 16.7. The Morgan fingerprint density at radius 3 is 2.24 bits per heavy atom. The Hall–Kier alpha value is -1.20. The van der Waals surface area contributed by atoms with Crippen LogP contribution in [0, 0.1) is 6.92 Å². The number of hydrogen-bond acceptors (Lipinski definition) is 4. The van der Waals surface area contributed by atoms with Crippen molar-refractivity contribution >= 4 is 67.2 Å². The molecule has 3 nitrogen and oxygen atoms in total. The maximum atomic E-state index is 6.33. The highest BCUT2D eigenvalue weighted by atomic mass is 35.5. The zero-order chi connectivity index (χ0) is 17.6. The Labute approximate surface area is 165 Å². The van der Waals surface area contributed by atoms with E-state index in [2.05, 4.69) is 16.7 Å². The lowest BCUT2D eigenvalue weighted by Gasteiger charge is -2.36.